The normalized spacial score (nSPS) is 10.8. The number of hydrogen-bond acceptors (Lipinski definition) is 1. The van der Waals surface area contributed by atoms with Gasteiger partial charge >= 0.3 is 0 Å². The zero-order valence-corrected chi connectivity index (χ0v) is 16.0. The maximum Gasteiger partial charge on any atom is 0.0470 e. The molecule has 0 radical (unpaired) electrons. The van der Waals surface area contributed by atoms with Crippen LogP contribution in [0.2, 0.25) is 0 Å². The van der Waals surface area contributed by atoms with Crippen LogP contribution in [-0.2, 0) is 0 Å². The molecule has 0 fully saturated rings. The Balaban J connectivity index is 1.68. The second-order valence-corrected chi connectivity index (χ2v) is 7.11. The Bertz CT molecular complexity index is 1260. The van der Waals surface area contributed by atoms with E-state index in [9.17, 15) is 0 Å². The number of fused-ring (bicyclic) bond motifs is 1. The first kappa shape index (κ1) is 17.3. The van der Waals surface area contributed by atoms with Crippen molar-refractivity contribution in [1.29, 1.82) is 0 Å². The lowest BCUT2D eigenvalue weighted by Crippen LogP contribution is -1.96. The third kappa shape index (κ3) is 3.39. The number of hydrogen-bond donors (Lipinski definition) is 1. The number of nitrogens with one attached hydrogen (secondary N) is 1. The summed E-state index contributed by atoms with van der Waals surface area (Å²) < 4.78 is 0. The summed E-state index contributed by atoms with van der Waals surface area (Å²) >= 11 is 0. The van der Waals surface area contributed by atoms with Crippen molar-refractivity contribution < 1.29 is 0 Å². The number of para-hydroxylation sites is 1. The largest absolute Gasteiger partial charge is 0.354 e. The maximum atomic E-state index is 3.73. The van der Waals surface area contributed by atoms with Crippen LogP contribution in [0, 0.1) is 0 Å². The van der Waals surface area contributed by atoms with E-state index in [1.54, 1.807) is 0 Å². The fourth-order valence-electron chi connectivity index (χ4n) is 3.90. The molecule has 0 aliphatic heterocycles. The van der Waals surface area contributed by atoms with Crippen molar-refractivity contribution in [1.82, 2.24) is 0 Å². The van der Waals surface area contributed by atoms with Gasteiger partial charge < -0.3 is 5.32 Å². The minimum absolute atomic E-state index is 1.10. The summed E-state index contributed by atoms with van der Waals surface area (Å²) in [6.45, 7) is 0. The van der Waals surface area contributed by atoms with E-state index in [0.29, 0.717) is 0 Å². The fraction of sp³-hybridized carbons (Fsp3) is 0. The monoisotopic (exact) mass is 371 g/mol. The maximum absolute atomic E-state index is 3.73. The molecule has 0 unspecified atom stereocenters. The smallest absolute Gasteiger partial charge is 0.0470 e. The van der Waals surface area contributed by atoms with E-state index in [1.807, 2.05) is 0 Å². The predicted molar refractivity (Wildman–Crippen MR) is 125 cm³/mol. The second kappa shape index (κ2) is 7.65. The van der Waals surface area contributed by atoms with Gasteiger partial charge in [-0.2, -0.15) is 0 Å². The minimum Gasteiger partial charge on any atom is -0.354 e. The fourth-order valence-corrected chi connectivity index (χ4v) is 3.90. The molecule has 0 aliphatic rings. The lowest BCUT2D eigenvalue weighted by molar-refractivity contribution is 1.53. The van der Waals surface area contributed by atoms with E-state index in [1.165, 1.54) is 33.0 Å². The van der Waals surface area contributed by atoms with Crippen LogP contribution in [-0.4, -0.2) is 0 Å². The summed E-state index contributed by atoms with van der Waals surface area (Å²) in [6, 6.07) is 42.6. The third-order valence-corrected chi connectivity index (χ3v) is 5.27. The molecule has 138 valence electrons. The van der Waals surface area contributed by atoms with Gasteiger partial charge in [-0.05, 0) is 34.0 Å². The number of anilines is 2. The molecule has 0 bridgehead atoms. The molecule has 5 rings (SSSR count). The Labute approximate surface area is 171 Å². The first-order valence-corrected chi connectivity index (χ1v) is 9.89. The van der Waals surface area contributed by atoms with Crippen molar-refractivity contribution in [2.75, 3.05) is 5.32 Å². The highest BCUT2D eigenvalue weighted by Crippen LogP contribution is 2.38. The molecule has 0 aliphatic carbocycles. The minimum atomic E-state index is 1.10. The Morgan fingerprint density at radius 2 is 1.03 bits per heavy atom. The molecule has 0 spiro atoms. The summed E-state index contributed by atoms with van der Waals surface area (Å²) in [4.78, 5) is 0. The van der Waals surface area contributed by atoms with Crippen LogP contribution in [0.3, 0.4) is 0 Å². The topological polar surface area (TPSA) is 12.0 Å². The average Bonchev–Trinajstić information content (AvgIpc) is 2.80. The summed E-state index contributed by atoms with van der Waals surface area (Å²) in [5.74, 6) is 0. The molecule has 0 saturated carbocycles. The predicted octanol–water partition coefficient (Wildman–Crippen LogP) is 7.92. The molecule has 0 aromatic heterocycles. The average molecular weight is 371 g/mol. The molecule has 1 nitrogen and oxygen atoms in total. The van der Waals surface area contributed by atoms with Gasteiger partial charge in [0.1, 0.15) is 0 Å². The first-order valence-electron chi connectivity index (χ1n) is 9.89. The van der Waals surface area contributed by atoms with E-state index in [0.717, 1.165) is 11.4 Å². The molecule has 0 atom stereocenters. The van der Waals surface area contributed by atoms with Crippen molar-refractivity contribution in [3.63, 3.8) is 0 Å². The Morgan fingerprint density at radius 3 is 1.83 bits per heavy atom. The molecule has 5 aromatic rings. The Hall–Kier alpha value is -3.84. The lowest BCUT2D eigenvalue weighted by atomic mass is 9.95. The highest BCUT2D eigenvalue weighted by Gasteiger charge is 2.12. The van der Waals surface area contributed by atoms with E-state index in [2.05, 4.69) is 127 Å². The Morgan fingerprint density at radius 1 is 0.414 bits per heavy atom. The third-order valence-electron chi connectivity index (χ3n) is 5.27. The molecule has 0 amide bonds. The standard InChI is InChI=1S/C28H21N/c1-3-11-21(12-4-1)24-16-9-10-18-26(24)29-27-20-19-22-13-7-8-17-25(22)28(27)23-14-5-2-6-15-23/h1-20,29H. The molecule has 0 saturated heterocycles. The molecule has 0 heterocycles. The molecular formula is C28H21N. The van der Waals surface area contributed by atoms with Crippen LogP contribution >= 0.6 is 0 Å². The highest BCUT2D eigenvalue weighted by molar-refractivity contribution is 6.04. The van der Waals surface area contributed by atoms with Crippen molar-refractivity contribution in [3.05, 3.63) is 121 Å². The second-order valence-electron chi connectivity index (χ2n) is 7.11. The van der Waals surface area contributed by atoms with Crippen LogP contribution in [0.4, 0.5) is 11.4 Å². The van der Waals surface area contributed by atoms with Crippen LogP contribution in [0.15, 0.2) is 121 Å². The summed E-state index contributed by atoms with van der Waals surface area (Å²) in [6.07, 6.45) is 0. The van der Waals surface area contributed by atoms with Crippen molar-refractivity contribution in [2.45, 2.75) is 0 Å². The van der Waals surface area contributed by atoms with Crippen LogP contribution in [0.1, 0.15) is 0 Å². The van der Waals surface area contributed by atoms with Crippen LogP contribution in [0.25, 0.3) is 33.0 Å². The van der Waals surface area contributed by atoms with E-state index in [-0.39, 0.29) is 0 Å². The van der Waals surface area contributed by atoms with Gasteiger partial charge in [-0.1, -0.05) is 109 Å². The van der Waals surface area contributed by atoms with Gasteiger partial charge in [-0.15, -0.1) is 0 Å². The quantitative estimate of drug-likeness (QED) is 0.338. The van der Waals surface area contributed by atoms with Gasteiger partial charge in [0, 0.05) is 22.5 Å². The molecule has 1 heteroatoms. The lowest BCUT2D eigenvalue weighted by Gasteiger charge is -2.18. The van der Waals surface area contributed by atoms with Gasteiger partial charge in [0.05, 0.1) is 0 Å². The van der Waals surface area contributed by atoms with Crippen molar-refractivity contribution in [2.24, 2.45) is 0 Å². The summed E-state index contributed by atoms with van der Waals surface area (Å²) in [5.41, 5.74) is 7.05. The zero-order chi connectivity index (χ0) is 19.5. The van der Waals surface area contributed by atoms with Gasteiger partial charge in [-0.3, -0.25) is 0 Å². The van der Waals surface area contributed by atoms with Gasteiger partial charge in [-0.25, -0.2) is 0 Å². The van der Waals surface area contributed by atoms with Crippen LogP contribution in [0.5, 0.6) is 0 Å². The first-order chi connectivity index (χ1) is 14.4. The molecule has 29 heavy (non-hydrogen) atoms. The van der Waals surface area contributed by atoms with Crippen molar-refractivity contribution in [3.8, 4) is 22.3 Å². The summed E-state index contributed by atoms with van der Waals surface area (Å²) in [7, 11) is 0. The van der Waals surface area contributed by atoms with Crippen LogP contribution < -0.4 is 5.32 Å². The van der Waals surface area contributed by atoms with E-state index >= 15 is 0 Å². The Kier molecular flexibility index (Phi) is 4.56. The van der Waals surface area contributed by atoms with Gasteiger partial charge in [0.15, 0.2) is 0 Å². The van der Waals surface area contributed by atoms with E-state index < -0.39 is 0 Å². The molecular weight excluding hydrogens is 350 g/mol. The van der Waals surface area contributed by atoms with Crippen molar-refractivity contribution >= 4 is 22.1 Å². The van der Waals surface area contributed by atoms with Gasteiger partial charge in [0.2, 0.25) is 0 Å². The van der Waals surface area contributed by atoms with E-state index in [4.69, 9.17) is 0 Å². The number of rotatable bonds is 4. The molecule has 5 aromatic carbocycles. The van der Waals surface area contributed by atoms with Gasteiger partial charge in [0.25, 0.3) is 0 Å². The highest BCUT2D eigenvalue weighted by atomic mass is 14.9. The zero-order valence-electron chi connectivity index (χ0n) is 16.0. The SMILES string of the molecule is c1ccc(-c2ccccc2Nc2ccc3ccccc3c2-c2ccccc2)cc1. The molecule has 1 N–H and O–H groups in total. The summed E-state index contributed by atoms with van der Waals surface area (Å²) in [5, 5.41) is 6.22. The number of benzene rings is 5.